The third kappa shape index (κ3) is 26.1. The maximum Gasteiger partial charge on any atom is 0.399 e. The van der Waals surface area contributed by atoms with E-state index in [1.54, 1.807) is 0 Å². The molecule has 0 radical (unpaired) electrons. The van der Waals surface area contributed by atoms with E-state index in [2.05, 4.69) is 4.18 Å². The first kappa shape index (κ1) is 13.3. The van der Waals surface area contributed by atoms with Gasteiger partial charge in [-0.1, -0.05) is 0 Å². The van der Waals surface area contributed by atoms with E-state index in [0.29, 0.717) is 0 Å². The van der Waals surface area contributed by atoms with Crippen molar-refractivity contribution in [3.05, 3.63) is 0 Å². The molecular formula is C2H6O7S2. The molecule has 0 saturated carbocycles. The summed E-state index contributed by atoms with van der Waals surface area (Å²) in [7, 11) is -4.47. The Balaban J connectivity index is 0. The molecule has 2 N–H and O–H groups in total. The first-order valence-corrected chi connectivity index (χ1v) is 4.12. The van der Waals surface area contributed by atoms with Gasteiger partial charge in [-0.05, 0) is 6.92 Å². The summed E-state index contributed by atoms with van der Waals surface area (Å²) in [4.78, 5) is 0. The minimum absolute atomic E-state index is 0.750. The second-order valence-electron chi connectivity index (χ2n) is 1.19. The number of hydrogen-bond donors (Lipinski definition) is 2. The normalized spacial score (nSPS) is 12.6. The molecule has 1 atom stereocenters. The maximum atomic E-state index is 9.62. The Morgan fingerprint density at radius 2 is 1.73 bits per heavy atom. The van der Waals surface area contributed by atoms with E-state index in [1.807, 2.05) is 0 Å². The van der Waals surface area contributed by atoms with Gasteiger partial charge in [-0.2, -0.15) is 16.8 Å². The van der Waals surface area contributed by atoms with Crippen LogP contribution in [0, 0.1) is 0 Å². The van der Waals surface area contributed by atoms with Crippen LogP contribution in [-0.4, -0.2) is 32.8 Å². The largest absolute Gasteiger partial charge is 0.399 e. The summed E-state index contributed by atoms with van der Waals surface area (Å²) in [6.45, 7) is 1.06. The van der Waals surface area contributed by atoms with Crippen molar-refractivity contribution in [2.24, 2.45) is 0 Å². The molecule has 7 nitrogen and oxygen atoms in total. The van der Waals surface area contributed by atoms with Gasteiger partial charge in [0, 0.05) is 0 Å². The molecule has 9 heteroatoms. The van der Waals surface area contributed by atoms with Crippen LogP contribution >= 0.6 is 0 Å². The first-order chi connectivity index (χ1) is 4.83. The molecular weight excluding hydrogens is 200 g/mol. The van der Waals surface area contributed by atoms with Crippen LogP contribution in [0.2, 0.25) is 0 Å². The van der Waals surface area contributed by atoms with Crippen LogP contribution in [0.15, 0.2) is 0 Å². The highest BCUT2D eigenvalue weighted by atomic mass is 32.3. The molecule has 0 saturated heterocycles. The lowest BCUT2D eigenvalue weighted by Crippen LogP contribution is -2.12. The first-order valence-electron chi connectivity index (χ1n) is 2.09. The third-order valence-electron chi connectivity index (χ3n) is 0.261. The SMILES string of the molecule is CC(O)OS(=O)(=O)O.O=S=O. The molecule has 0 rings (SSSR count). The fraction of sp³-hybridized carbons (Fsp3) is 1.00. The smallest absolute Gasteiger partial charge is 0.367 e. The van der Waals surface area contributed by atoms with Crippen LogP contribution in [0.5, 0.6) is 0 Å². The molecule has 0 aliphatic rings. The predicted octanol–water partition coefficient (Wildman–Crippen LogP) is -1.53. The minimum atomic E-state index is -4.47. The predicted molar refractivity (Wildman–Crippen MR) is 33.2 cm³/mol. The van der Waals surface area contributed by atoms with Gasteiger partial charge in [0.25, 0.3) is 0 Å². The Hall–Kier alpha value is -0.350. The van der Waals surface area contributed by atoms with E-state index >= 15 is 0 Å². The van der Waals surface area contributed by atoms with E-state index in [9.17, 15) is 8.42 Å². The Morgan fingerprint density at radius 1 is 1.45 bits per heavy atom. The molecule has 0 spiro atoms. The van der Waals surface area contributed by atoms with Crippen molar-refractivity contribution in [3.8, 4) is 0 Å². The summed E-state index contributed by atoms with van der Waals surface area (Å²) < 4.78 is 47.1. The number of rotatable bonds is 2. The third-order valence-corrected chi connectivity index (χ3v) is 0.783. The highest BCUT2D eigenvalue weighted by Gasteiger charge is 2.07. The van der Waals surface area contributed by atoms with Crippen molar-refractivity contribution in [1.82, 2.24) is 0 Å². The molecule has 0 bridgehead atoms. The van der Waals surface area contributed by atoms with Gasteiger partial charge in [0.05, 0.1) is 0 Å². The van der Waals surface area contributed by atoms with E-state index in [-0.39, 0.29) is 0 Å². The Morgan fingerprint density at radius 3 is 1.73 bits per heavy atom. The molecule has 0 fully saturated rings. The highest BCUT2D eigenvalue weighted by molar-refractivity contribution is 7.80. The van der Waals surface area contributed by atoms with Gasteiger partial charge in [-0.3, -0.25) is 4.55 Å². The Bertz CT molecular complexity index is 209. The zero-order chi connectivity index (χ0) is 9.49. The van der Waals surface area contributed by atoms with Crippen molar-refractivity contribution < 1.29 is 30.7 Å². The summed E-state index contributed by atoms with van der Waals surface area (Å²) in [5.41, 5.74) is 0. The topological polar surface area (TPSA) is 118 Å². The monoisotopic (exact) mass is 206 g/mol. The van der Waals surface area contributed by atoms with Gasteiger partial charge >= 0.3 is 22.0 Å². The summed E-state index contributed by atoms with van der Waals surface area (Å²) in [5.74, 6) is 0. The Kier molecular flexibility index (Phi) is 7.67. The van der Waals surface area contributed by atoms with Gasteiger partial charge in [-0.15, -0.1) is 0 Å². The van der Waals surface area contributed by atoms with Gasteiger partial charge in [0.2, 0.25) is 0 Å². The molecule has 0 heterocycles. The van der Waals surface area contributed by atoms with Gasteiger partial charge in [-0.25, -0.2) is 4.18 Å². The van der Waals surface area contributed by atoms with Crippen LogP contribution in [0.4, 0.5) is 0 Å². The van der Waals surface area contributed by atoms with Crippen LogP contribution in [0.1, 0.15) is 6.92 Å². The molecule has 11 heavy (non-hydrogen) atoms. The fourth-order valence-electron chi connectivity index (χ4n) is 0.176. The van der Waals surface area contributed by atoms with Gasteiger partial charge in [0.1, 0.15) is 0 Å². The lowest BCUT2D eigenvalue weighted by molar-refractivity contribution is -0.00301. The second-order valence-corrected chi connectivity index (χ2v) is 2.38. The van der Waals surface area contributed by atoms with Crippen molar-refractivity contribution in [3.63, 3.8) is 0 Å². The zero-order valence-electron chi connectivity index (χ0n) is 5.33. The van der Waals surface area contributed by atoms with E-state index < -0.39 is 28.3 Å². The van der Waals surface area contributed by atoms with E-state index in [1.165, 1.54) is 0 Å². The summed E-state index contributed by atoms with van der Waals surface area (Å²) in [5, 5.41) is 8.13. The van der Waals surface area contributed by atoms with Crippen LogP contribution in [0.3, 0.4) is 0 Å². The van der Waals surface area contributed by atoms with Gasteiger partial charge in [0.15, 0.2) is 6.29 Å². The lowest BCUT2D eigenvalue weighted by Gasteiger charge is -1.98. The molecule has 0 aliphatic heterocycles. The molecule has 0 aromatic carbocycles. The van der Waals surface area contributed by atoms with Crippen molar-refractivity contribution >= 4 is 22.0 Å². The quantitative estimate of drug-likeness (QED) is 0.415. The molecule has 68 valence electrons. The maximum absolute atomic E-state index is 9.62. The number of hydrogen-bond acceptors (Lipinski definition) is 6. The van der Waals surface area contributed by atoms with Crippen LogP contribution in [0.25, 0.3) is 0 Å². The second kappa shape index (κ2) is 6.37. The summed E-state index contributed by atoms with van der Waals surface area (Å²) >= 11 is -0.750. The van der Waals surface area contributed by atoms with E-state index in [4.69, 9.17) is 18.1 Å². The molecule has 0 aliphatic carbocycles. The van der Waals surface area contributed by atoms with Gasteiger partial charge < -0.3 is 5.11 Å². The highest BCUT2D eigenvalue weighted by Crippen LogP contribution is 1.89. The average Bonchev–Trinajstić information content (AvgIpc) is 1.57. The molecule has 0 amide bonds. The van der Waals surface area contributed by atoms with Crippen LogP contribution in [-0.2, 0) is 26.2 Å². The average molecular weight is 206 g/mol. The number of aliphatic hydroxyl groups excluding tert-OH is 1. The van der Waals surface area contributed by atoms with E-state index in [0.717, 1.165) is 6.92 Å². The summed E-state index contributed by atoms with van der Waals surface area (Å²) in [6, 6.07) is 0. The summed E-state index contributed by atoms with van der Waals surface area (Å²) in [6.07, 6.45) is -1.50. The molecule has 1 unspecified atom stereocenters. The molecule has 0 aromatic rings. The van der Waals surface area contributed by atoms with Crippen LogP contribution < -0.4 is 0 Å². The molecule has 0 aromatic heterocycles. The van der Waals surface area contributed by atoms with Crippen molar-refractivity contribution in [2.75, 3.05) is 0 Å². The van der Waals surface area contributed by atoms with Crippen molar-refractivity contribution in [1.29, 1.82) is 0 Å². The number of aliphatic hydroxyl groups is 1. The minimum Gasteiger partial charge on any atom is -0.367 e. The van der Waals surface area contributed by atoms with Crippen molar-refractivity contribution in [2.45, 2.75) is 13.2 Å². The standard InChI is InChI=1S/C2H6O5S.O2S/c1-2(3)7-8(4,5)6;1-3-2/h2-3H,1H3,(H,4,5,6);. The lowest BCUT2D eigenvalue weighted by atomic mass is 10.8. The fourth-order valence-corrected chi connectivity index (χ4v) is 0.528. The Labute approximate surface area is 66.5 Å². The zero-order valence-corrected chi connectivity index (χ0v) is 6.96.